The lowest BCUT2D eigenvalue weighted by Crippen LogP contribution is -2.45. The van der Waals surface area contributed by atoms with Gasteiger partial charge in [-0.3, -0.25) is 14.5 Å². The number of benzene rings is 3. The van der Waals surface area contributed by atoms with E-state index in [2.05, 4.69) is 63.6 Å². The lowest BCUT2D eigenvalue weighted by Gasteiger charge is -2.39. The molecular formula is C41H53N3O6. The number of hydrogen-bond donors (Lipinski definition) is 3. The first-order valence-electron chi connectivity index (χ1n) is 18.6. The van der Waals surface area contributed by atoms with E-state index in [1.165, 1.54) is 38.8 Å². The van der Waals surface area contributed by atoms with Gasteiger partial charge in [-0.05, 0) is 92.0 Å². The predicted molar refractivity (Wildman–Crippen MR) is 193 cm³/mol. The Bertz CT molecular complexity index is 1520. The van der Waals surface area contributed by atoms with Crippen molar-refractivity contribution in [2.45, 2.75) is 102 Å². The number of aliphatic carboxylic acids is 1. The second kappa shape index (κ2) is 18.1. The smallest absolute Gasteiger partial charge is 0.303 e. The number of amides is 1. The van der Waals surface area contributed by atoms with Crippen LogP contribution in [0, 0.1) is 0 Å². The summed E-state index contributed by atoms with van der Waals surface area (Å²) in [6.45, 7) is 6.09. The number of carbonyl (C=O) groups excluding carboxylic acids is 1. The van der Waals surface area contributed by atoms with Crippen LogP contribution in [0.15, 0.2) is 72.8 Å². The molecule has 0 aromatic heterocycles. The van der Waals surface area contributed by atoms with Crippen LogP contribution in [0.25, 0.3) is 11.1 Å². The van der Waals surface area contributed by atoms with Gasteiger partial charge in [-0.25, -0.2) is 0 Å². The van der Waals surface area contributed by atoms with Gasteiger partial charge in [0, 0.05) is 50.5 Å². The first-order chi connectivity index (χ1) is 24.4. The van der Waals surface area contributed by atoms with Gasteiger partial charge in [0.25, 0.3) is 0 Å². The molecule has 0 aliphatic carbocycles. The Morgan fingerprint density at radius 1 is 0.780 bits per heavy atom. The molecule has 268 valence electrons. The Morgan fingerprint density at radius 2 is 1.54 bits per heavy atom. The number of carbonyl (C=O) groups is 2. The highest BCUT2D eigenvalue weighted by Crippen LogP contribution is 2.39. The van der Waals surface area contributed by atoms with E-state index in [0.29, 0.717) is 31.8 Å². The van der Waals surface area contributed by atoms with Crippen LogP contribution < -0.4 is 5.32 Å². The molecule has 3 N–H and O–H groups in total. The average molecular weight is 684 g/mol. The number of hydrogen-bond acceptors (Lipinski definition) is 7. The first-order valence-corrected chi connectivity index (χ1v) is 18.6. The number of nitrogens with zero attached hydrogens (tertiary/aromatic N) is 2. The fourth-order valence-corrected chi connectivity index (χ4v) is 7.62. The van der Waals surface area contributed by atoms with Crippen LogP contribution in [-0.2, 0) is 32.2 Å². The molecule has 9 heteroatoms. The molecule has 0 radical (unpaired) electrons. The first kappa shape index (κ1) is 36.2. The zero-order valence-electron chi connectivity index (χ0n) is 29.2. The molecule has 0 unspecified atom stereocenters. The van der Waals surface area contributed by atoms with Crippen molar-refractivity contribution in [3.63, 3.8) is 0 Å². The van der Waals surface area contributed by atoms with E-state index >= 15 is 0 Å². The minimum Gasteiger partial charge on any atom is -0.481 e. The molecule has 4 atom stereocenters. The van der Waals surface area contributed by atoms with E-state index in [0.717, 1.165) is 65.9 Å². The Hall–Kier alpha value is -3.60. The van der Waals surface area contributed by atoms with E-state index in [1.54, 1.807) is 0 Å². The molecule has 3 aromatic carbocycles. The predicted octanol–water partition coefficient (Wildman–Crippen LogP) is 6.60. The van der Waals surface area contributed by atoms with E-state index in [1.807, 2.05) is 24.3 Å². The molecule has 9 nitrogen and oxygen atoms in total. The number of ether oxygens (including phenoxy) is 2. The van der Waals surface area contributed by atoms with Crippen molar-refractivity contribution >= 4 is 11.9 Å². The maximum absolute atomic E-state index is 12.3. The molecule has 3 aromatic rings. The van der Waals surface area contributed by atoms with Crippen LogP contribution in [0.5, 0.6) is 0 Å². The molecule has 3 aliphatic heterocycles. The Labute approximate surface area is 296 Å². The van der Waals surface area contributed by atoms with E-state index in [-0.39, 0.29) is 31.1 Å². The fourth-order valence-electron chi connectivity index (χ4n) is 7.62. The van der Waals surface area contributed by atoms with Crippen LogP contribution >= 0.6 is 0 Å². The van der Waals surface area contributed by atoms with Gasteiger partial charge in [0.1, 0.15) is 0 Å². The van der Waals surface area contributed by atoms with Crippen LogP contribution in [0.3, 0.4) is 0 Å². The number of aliphatic hydroxyl groups excluding tert-OH is 1. The summed E-state index contributed by atoms with van der Waals surface area (Å²) in [6, 6.07) is 25.3. The second-order valence-electron chi connectivity index (χ2n) is 14.2. The molecular weight excluding hydrogens is 630 g/mol. The molecule has 0 spiro atoms. The van der Waals surface area contributed by atoms with Gasteiger partial charge >= 0.3 is 5.97 Å². The topological polar surface area (TPSA) is 112 Å². The summed E-state index contributed by atoms with van der Waals surface area (Å²) < 4.78 is 13.4. The summed E-state index contributed by atoms with van der Waals surface area (Å²) in [6.07, 6.45) is 7.91. The van der Waals surface area contributed by atoms with Crippen molar-refractivity contribution < 1.29 is 29.3 Å². The van der Waals surface area contributed by atoms with E-state index in [4.69, 9.17) is 14.6 Å². The number of aliphatic hydroxyl groups is 1. The number of rotatable bonds is 16. The van der Waals surface area contributed by atoms with Gasteiger partial charge in [0.05, 0.1) is 18.8 Å². The fraction of sp³-hybridized carbons (Fsp3) is 0.512. The number of likely N-dealkylation sites (tertiary alicyclic amines) is 2. The summed E-state index contributed by atoms with van der Waals surface area (Å²) in [5.41, 5.74) is 6.15. The third-order valence-corrected chi connectivity index (χ3v) is 10.4. The third kappa shape index (κ3) is 10.2. The highest BCUT2D eigenvalue weighted by atomic mass is 16.7. The SMILES string of the molecule is O=C(O)CCCCCC(=O)NCc1cccc(-c2ccc([C@@H]3O[C@H](CN4CCC[C@H]4CN4CCCC4)C[C@H](c4ccc(CO)cc4)O3)cc2)c1. The van der Waals surface area contributed by atoms with Crippen LogP contribution in [0.1, 0.15) is 98.9 Å². The third-order valence-electron chi connectivity index (χ3n) is 10.4. The van der Waals surface area contributed by atoms with Crippen LogP contribution in [0.4, 0.5) is 0 Å². The zero-order valence-corrected chi connectivity index (χ0v) is 29.2. The van der Waals surface area contributed by atoms with Gasteiger partial charge in [-0.15, -0.1) is 0 Å². The zero-order chi connectivity index (χ0) is 34.7. The van der Waals surface area contributed by atoms with Crippen molar-refractivity contribution in [2.75, 3.05) is 32.7 Å². The van der Waals surface area contributed by atoms with Crippen molar-refractivity contribution in [1.29, 1.82) is 0 Å². The summed E-state index contributed by atoms with van der Waals surface area (Å²) in [5, 5.41) is 21.4. The second-order valence-corrected chi connectivity index (χ2v) is 14.2. The van der Waals surface area contributed by atoms with Crippen LogP contribution in [0.2, 0.25) is 0 Å². The minimum absolute atomic E-state index is 0.0182. The molecule has 50 heavy (non-hydrogen) atoms. The lowest BCUT2D eigenvalue weighted by molar-refractivity contribution is -0.253. The van der Waals surface area contributed by atoms with Gasteiger partial charge in [-0.2, -0.15) is 0 Å². The number of nitrogens with one attached hydrogen (secondary N) is 1. The Kier molecular flexibility index (Phi) is 13.1. The van der Waals surface area contributed by atoms with Crippen molar-refractivity contribution in [3.05, 3.63) is 95.1 Å². The van der Waals surface area contributed by atoms with E-state index in [9.17, 15) is 14.7 Å². The van der Waals surface area contributed by atoms with Crippen molar-refractivity contribution in [3.8, 4) is 11.1 Å². The van der Waals surface area contributed by atoms with Crippen molar-refractivity contribution in [2.24, 2.45) is 0 Å². The van der Waals surface area contributed by atoms with E-state index < -0.39 is 12.3 Å². The Balaban J connectivity index is 1.09. The molecule has 3 fully saturated rings. The van der Waals surface area contributed by atoms with Gasteiger partial charge < -0.3 is 29.9 Å². The number of carboxylic acids is 1. The highest BCUT2D eigenvalue weighted by Gasteiger charge is 2.36. The van der Waals surface area contributed by atoms with Crippen LogP contribution in [-0.4, -0.2) is 76.8 Å². The van der Waals surface area contributed by atoms with Gasteiger partial charge in [0.15, 0.2) is 6.29 Å². The normalized spacial score (nSPS) is 22.9. The molecule has 3 aliphatic rings. The Morgan fingerprint density at radius 3 is 2.30 bits per heavy atom. The summed E-state index contributed by atoms with van der Waals surface area (Å²) in [4.78, 5) is 28.3. The maximum atomic E-state index is 12.3. The molecule has 1 amide bonds. The highest BCUT2D eigenvalue weighted by molar-refractivity contribution is 5.76. The average Bonchev–Trinajstić information content (AvgIpc) is 3.83. The molecule has 3 saturated heterocycles. The molecule has 0 bridgehead atoms. The molecule has 6 rings (SSSR count). The van der Waals surface area contributed by atoms with Gasteiger partial charge in [-0.1, -0.05) is 73.2 Å². The minimum atomic E-state index is -0.794. The molecule has 3 heterocycles. The summed E-state index contributed by atoms with van der Waals surface area (Å²) in [5.74, 6) is -0.812. The summed E-state index contributed by atoms with van der Waals surface area (Å²) in [7, 11) is 0. The van der Waals surface area contributed by atoms with Gasteiger partial charge in [0.2, 0.25) is 5.91 Å². The van der Waals surface area contributed by atoms with Crippen molar-refractivity contribution in [1.82, 2.24) is 15.1 Å². The number of unbranched alkanes of at least 4 members (excludes halogenated alkanes) is 2. The maximum Gasteiger partial charge on any atom is 0.303 e. The lowest BCUT2D eigenvalue weighted by atomic mass is 9.98. The summed E-state index contributed by atoms with van der Waals surface area (Å²) >= 11 is 0. The number of carboxylic acid groups (broad SMARTS) is 1. The standard InChI is InChI=1S/C41H53N3O6/c45-29-30-13-15-33(16-14-30)38-25-37(28-44-23-7-10-36(44)27-43-21-4-5-22-43)49-41(50-38)34-19-17-32(18-20-34)35-9-6-8-31(24-35)26-42-39(46)11-2-1-3-12-40(47)48/h6,8-9,13-20,24,36-38,41,45H,1-5,7,10-12,21-23,25-29H2,(H,42,46)(H,47,48)/t36-,37-,38+,41+/m0/s1. The quantitative estimate of drug-likeness (QED) is 0.145. The monoisotopic (exact) mass is 683 g/mol. The largest absolute Gasteiger partial charge is 0.481 e. The molecule has 0 saturated carbocycles.